The molecule has 1 aliphatic heterocycles. The molecule has 0 atom stereocenters. The molecule has 13 heteroatoms. The lowest BCUT2D eigenvalue weighted by Crippen LogP contribution is -2.28. The zero-order chi connectivity index (χ0) is 28.6. The van der Waals surface area contributed by atoms with Crippen LogP contribution in [0.4, 0.5) is 19.0 Å². The summed E-state index contributed by atoms with van der Waals surface area (Å²) >= 11 is 1.24. The third-order valence-corrected chi connectivity index (χ3v) is 8.25. The third-order valence-electron chi connectivity index (χ3n) is 7.21. The predicted octanol–water partition coefficient (Wildman–Crippen LogP) is 6.06. The zero-order valence-electron chi connectivity index (χ0n) is 22.2. The smallest absolute Gasteiger partial charge is 0.306 e. The number of nitrogens with one attached hydrogen (secondary N) is 1. The molecule has 6 rings (SSSR count). The molecule has 1 amide bonds. The Morgan fingerprint density at radius 3 is 2.71 bits per heavy atom. The molecule has 2 aliphatic rings. The number of pyridine rings is 1. The van der Waals surface area contributed by atoms with Crippen LogP contribution in [-0.2, 0) is 6.18 Å². The number of alkyl halides is 3. The van der Waals surface area contributed by atoms with Gasteiger partial charge < -0.3 is 5.32 Å². The van der Waals surface area contributed by atoms with Gasteiger partial charge in [0.15, 0.2) is 5.65 Å². The van der Waals surface area contributed by atoms with Crippen molar-refractivity contribution in [1.29, 1.82) is 0 Å². The molecule has 1 aliphatic carbocycles. The first-order valence-electron chi connectivity index (χ1n) is 13.3. The molecule has 41 heavy (non-hydrogen) atoms. The van der Waals surface area contributed by atoms with Crippen LogP contribution in [0.3, 0.4) is 0 Å². The number of allylic oxidation sites excluding steroid dienone is 4. The van der Waals surface area contributed by atoms with Crippen molar-refractivity contribution in [3.8, 4) is 0 Å². The number of piperidine rings is 1. The minimum absolute atomic E-state index is 0.137. The molecule has 9 nitrogen and oxygen atoms in total. The molecular formula is C28H27F3N8OS. The van der Waals surface area contributed by atoms with Crippen LogP contribution in [0.25, 0.3) is 11.3 Å². The van der Waals surface area contributed by atoms with E-state index < -0.39 is 11.9 Å². The minimum atomic E-state index is -4.47. The summed E-state index contributed by atoms with van der Waals surface area (Å²) in [5, 5.41) is 12.5. The van der Waals surface area contributed by atoms with Gasteiger partial charge in [0.1, 0.15) is 22.1 Å². The molecule has 0 saturated carbocycles. The fourth-order valence-electron chi connectivity index (χ4n) is 4.98. The van der Waals surface area contributed by atoms with E-state index in [1.165, 1.54) is 29.8 Å². The first-order chi connectivity index (χ1) is 19.7. The predicted molar refractivity (Wildman–Crippen MR) is 149 cm³/mol. The van der Waals surface area contributed by atoms with Crippen molar-refractivity contribution in [2.45, 2.75) is 49.7 Å². The fourth-order valence-corrected chi connectivity index (χ4v) is 5.92. The van der Waals surface area contributed by atoms with Crippen LogP contribution in [0.2, 0.25) is 0 Å². The maximum Gasteiger partial charge on any atom is 0.433 e. The number of nitrogens with zero attached hydrogens (tertiary/aromatic N) is 7. The lowest BCUT2D eigenvalue weighted by molar-refractivity contribution is -0.141. The number of carbonyl (C=O) groups is 1. The average molecular weight is 581 g/mol. The van der Waals surface area contributed by atoms with Gasteiger partial charge in [0.25, 0.3) is 5.91 Å². The Morgan fingerprint density at radius 1 is 1.12 bits per heavy atom. The summed E-state index contributed by atoms with van der Waals surface area (Å²) in [7, 11) is 0. The maximum atomic E-state index is 13.3. The van der Waals surface area contributed by atoms with Gasteiger partial charge in [-0.1, -0.05) is 17.7 Å². The van der Waals surface area contributed by atoms with E-state index in [0.29, 0.717) is 35.1 Å². The quantitative estimate of drug-likeness (QED) is 0.277. The van der Waals surface area contributed by atoms with Gasteiger partial charge in [-0.05, 0) is 68.8 Å². The van der Waals surface area contributed by atoms with Crippen molar-refractivity contribution in [2.75, 3.05) is 18.4 Å². The van der Waals surface area contributed by atoms with Crippen LogP contribution >= 0.6 is 11.9 Å². The SMILES string of the molecule is CC1=CC=C(n2nc(C3CCN(Sc4cccc(C(F)(F)F)n4)CC3)cc2NC(=O)c2cnn3cccnc23)CC1. The Kier molecular flexibility index (Phi) is 7.39. The summed E-state index contributed by atoms with van der Waals surface area (Å²) < 4.78 is 44.6. The Hall–Kier alpha value is -3.97. The lowest BCUT2D eigenvalue weighted by Gasteiger charge is -2.29. The molecule has 212 valence electrons. The highest BCUT2D eigenvalue weighted by molar-refractivity contribution is 7.97. The second kappa shape index (κ2) is 11.1. The molecular weight excluding hydrogens is 553 g/mol. The van der Waals surface area contributed by atoms with Gasteiger partial charge in [-0.25, -0.2) is 23.5 Å². The number of carbonyl (C=O) groups excluding carboxylic acids is 1. The largest absolute Gasteiger partial charge is 0.433 e. The lowest BCUT2D eigenvalue weighted by atomic mass is 9.95. The second-order valence-electron chi connectivity index (χ2n) is 10.1. The molecule has 5 heterocycles. The highest BCUT2D eigenvalue weighted by Gasteiger charge is 2.33. The Bertz CT molecular complexity index is 1650. The summed E-state index contributed by atoms with van der Waals surface area (Å²) in [6, 6.07) is 7.62. The Balaban J connectivity index is 1.20. The van der Waals surface area contributed by atoms with Gasteiger partial charge in [0.2, 0.25) is 0 Å². The van der Waals surface area contributed by atoms with Crippen LogP contribution < -0.4 is 5.32 Å². The van der Waals surface area contributed by atoms with Crippen molar-refractivity contribution in [3.05, 3.63) is 83.6 Å². The maximum absolute atomic E-state index is 13.3. The molecule has 1 saturated heterocycles. The van der Waals surface area contributed by atoms with Crippen molar-refractivity contribution in [2.24, 2.45) is 0 Å². The third kappa shape index (κ3) is 5.91. The number of hydrogen-bond acceptors (Lipinski definition) is 7. The van der Waals surface area contributed by atoms with Gasteiger partial charge >= 0.3 is 6.18 Å². The van der Waals surface area contributed by atoms with E-state index in [1.807, 2.05) is 21.1 Å². The zero-order valence-corrected chi connectivity index (χ0v) is 23.0. The molecule has 0 unspecified atom stereocenters. The summed E-state index contributed by atoms with van der Waals surface area (Å²) in [5.74, 6) is 0.386. The molecule has 1 N–H and O–H groups in total. The minimum Gasteiger partial charge on any atom is -0.306 e. The Morgan fingerprint density at radius 2 is 1.95 bits per heavy atom. The van der Waals surface area contributed by atoms with E-state index in [4.69, 9.17) is 5.10 Å². The van der Waals surface area contributed by atoms with Gasteiger partial charge in [-0.3, -0.25) is 4.79 Å². The van der Waals surface area contributed by atoms with Crippen molar-refractivity contribution < 1.29 is 18.0 Å². The summed E-state index contributed by atoms with van der Waals surface area (Å²) in [6.07, 6.45) is 7.72. The number of halogens is 3. The molecule has 1 fully saturated rings. The first kappa shape index (κ1) is 27.2. The number of fused-ring (bicyclic) bond motifs is 1. The van der Waals surface area contributed by atoms with Crippen molar-refractivity contribution in [3.63, 3.8) is 0 Å². The van der Waals surface area contributed by atoms with E-state index >= 15 is 0 Å². The topological polar surface area (TPSA) is 93.2 Å². The van der Waals surface area contributed by atoms with E-state index in [2.05, 4.69) is 33.4 Å². The summed E-state index contributed by atoms with van der Waals surface area (Å²) in [5.41, 5.74) is 3.07. The van der Waals surface area contributed by atoms with Gasteiger partial charge in [-0.15, -0.1) is 0 Å². The number of hydrogen-bond donors (Lipinski definition) is 1. The number of amides is 1. The highest BCUT2D eigenvalue weighted by atomic mass is 32.2. The van der Waals surface area contributed by atoms with Gasteiger partial charge in [0, 0.05) is 43.2 Å². The van der Waals surface area contributed by atoms with Crippen LogP contribution in [-0.4, -0.2) is 52.7 Å². The summed E-state index contributed by atoms with van der Waals surface area (Å²) in [6.45, 7) is 3.42. The molecule has 0 spiro atoms. The normalized spacial score (nSPS) is 17.0. The van der Waals surface area contributed by atoms with Gasteiger partial charge in [0.05, 0.1) is 11.9 Å². The molecule has 4 aromatic heterocycles. The number of aromatic nitrogens is 6. The van der Waals surface area contributed by atoms with E-state index in [1.54, 1.807) is 29.0 Å². The van der Waals surface area contributed by atoms with Crippen LogP contribution in [0, 0.1) is 0 Å². The van der Waals surface area contributed by atoms with Crippen LogP contribution in [0.15, 0.2) is 71.7 Å². The van der Waals surface area contributed by atoms with Crippen LogP contribution in [0.5, 0.6) is 0 Å². The molecule has 4 aromatic rings. The monoisotopic (exact) mass is 580 g/mol. The van der Waals surface area contributed by atoms with E-state index in [9.17, 15) is 18.0 Å². The van der Waals surface area contributed by atoms with E-state index in [-0.39, 0.29) is 11.8 Å². The van der Waals surface area contributed by atoms with Crippen molar-refractivity contribution >= 4 is 35.0 Å². The highest BCUT2D eigenvalue weighted by Crippen LogP contribution is 2.36. The molecule has 0 aromatic carbocycles. The van der Waals surface area contributed by atoms with Gasteiger partial charge in [-0.2, -0.15) is 23.4 Å². The Labute approximate surface area is 238 Å². The van der Waals surface area contributed by atoms with Crippen LogP contribution in [0.1, 0.15) is 60.3 Å². The first-order valence-corrected chi connectivity index (χ1v) is 14.1. The fraction of sp³-hybridized carbons (Fsp3) is 0.321. The van der Waals surface area contributed by atoms with Crippen molar-refractivity contribution in [1.82, 2.24) is 33.7 Å². The number of rotatable bonds is 6. The number of anilines is 1. The molecule has 0 bridgehead atoms. The summed E-state index contributed by atoms with van der Waals surface area (Å²) in [4.78, 5) is 21.4. The second-order valence-corrected chi connectivity index (χ2v) is 11.2. The van der Waals surface area contributed by atoms with E-state index in [0.717, 1.165) is 43.1 Å². The molecule has 0 radical (unpaired) electrons. The average Bonchev–Trinajstić information content (AvgIpc) is 3.58. The standard InChI is InChI=1S/C28H27F3N8OS/c1-18-6-8-20(9-7-18)39-24(35-27(40)21-17-33-38-13-3-12-32-26(21)38)16-22(36-39)19-10-14-37(15-11-19)41-25-5-2-4-23(34-25)28(29,30)31/h2-6,8,12-13,16-17,19H,7,9-11,14-15H2,1H3,(H,35,40).